The number of hydrogen-bond donors (Lipinski definition) is 2. The molecule has 3 amide bonds. The first-order valence-electron chi connectivity index (χ1n) is 12.3. The van der Waals surface area contributed by atoms with Gasteiger partial charge in [-0.25, -0.2) is 0 Å². The lowest BCUT2D eigenvalue weighted by Crippen LogP contribution is -2.52. The molecule has 3 fully saturated rings. The van der Waals surface area contributed by atoms with E-state index in [4.69, 9.17) is 0 Å². The second kappa shape index (κ2) is 9.32. The van der Waals surface area contributed by atoms with Crippen LogP contribution in [0.2, 0.25) is 0 Å². The van der Waals surface area contributed by atoms with Crippen LogP contribution in [0.15, 0.2) is 18.2 Å². The van der Waals surface area contributed by atoms with Crippen LogP contribution in [0.3, 0.4) is 0 Å². The van der Waals surface area contributed by atoms with Crippen LogP contribution in [0.4, 0.5) is 0 Å². The van der Waals surface area contributed by atoms with Gasteiger partial charge in [-0.3, -0.25) is 24.6 Å². The van der Waals surface area contributed by atoms with E-state index in [0.29, 0.717) is 13.0 Å². The quantitative estimate of drug-likeness (QED) is 0.637. The Bertz CT molecular complexity index is 889. The van der Waals surface area contributed by atoms with Crippen LogP contribution < -0.4 is 10.6 Å². The first kappa shape index (κ1) is 21.6. The molecule has 1 aromatic carbocycles. The highest BCUT2D eigenvalue weighted by molar-refractivity contribution is 6.05. The molecule has 0 spiro atoms. The zero-order valence-electron chi connectivity index (χ0n) is 18.8. The Morgan fingerprint density at radius 1 is 1.03 bits per heavy atom. The minimum Gasteiger partial charge on any atom is -0.322 e. The van der Waals surface area contributed by atoms with E-state index in [1.54, 1.807) is 4.90 Å². The van der Waals surface area contributed by atoms with Crippen LogP contribution >= 0.6 is 0 Å². The van der Waals surface area contributed by atoms with E-state index in [0.717, 1.165) is 48.2 Å². The van der Waals surface area contributed by atoms with Gasteiger partial charge in [-0.1, -0.05) is 24.6 Å². The molecule has 2 unspecified atom stereocenters. The van der Waals surface area contributed by atoms with Crippen molar-refractivity contribution in [3.05, 3.63) is 34.9 Å². The molecule has 0 aliphatic carbocycles. The van der Waals surface area contributed by atoms with Gasteiger partial charge in [0.1, 0.15) is 6.04 Å². The summed E-state index contributed by atoms with van der Waals surface area (Å²) in [6, 6.07) is 5.51. The number of carbonyl (C=O) groups excluding carboxylic acids is 3. The second-order valence-electron chi connectivity index (χ2n) is 10.1. The molecule has 7 heteroatoms. The van der Waals surface area contributed by atoms with E-state index in [1.165, 1.54) is 45.2 Å². The van der Waals surface area contributed by atoms with Gasteiger partial charge >= 0.3 is 0 Å². The van der Waals surface area contributed by atoms with Crippen LogP contribution in [-0.2, 0) is 22.7 Å². The van der Waals surface area contributed by atoms with Gasteiger partial charge in [0.25, 0.3) is 5.91 Å². The number of hydrogen-bond acceptors (Lipinski definition) is 5. The Hall–Kier alpha value is -2.25. The monoisotopic (exact) mass is 438 g/mol. The summed E-state index contributed by atoms with van der Waals surface area (Å²) in [6.45, 7) is 5.84. The summed E-state index contributed by atoms with van der Waals surface area (Å²) in [5.74, 6) is 0.977. The van der Waals surface area contributed by atoms with Crippen LogP contribution in [0, 0.1) is 11.8 Å². The Labute approximate surface area is 189 Å². The van der Waals surface area contributed by atoms with E-state index < -0.39 is 6.04 Å². The Morgan fingerprint density at radius 3 is 2.66 bits per heavy atom. The normalized spacial score (nSPS) is 26.8. The number of nitrogens with one attached hydrogen (secondary N) is 2. The maximum atomic E-state index is 13.2. The van der Waals surface area contributed by atoms with Gasteiger partial charge in [-0.05, 0) is 68.2 Å². The fourth-order valence-corrected chi connectivity index (χ4v) is 5.92. The summed E-state index contributed by atoms with van der Waals surface area (Å²) in [5, 5.41) is 5.89. The molecule has 2 atom stereocenters. The predicted molar refractivity (Wildman–Crippen MR) is 121 cm³/mol. The third-order valence-corrected chi connectivity index (χ3v) is 7.69. The van der Waals surface area contributed by atoms with Gasteiger partial charge in [0.15, 0.2) is 0 Å². The van der Waals surface area contributed by atoms with Crippen molar-refractivity contribution in [1.82, 2.24) is 20.4 Å². The van der Waals surface area contributed by atoms with Crippen molar-refractivity contribution in [1.29, 1.82) is 0 Å². The predicted octanol–water partition coefficient (Wildman–Crippen LogP) is 2.05. The van der Waals surface area contributed by atoms with Gasteiger partial charge in [0, 0.05) is 38.2 Å². The van der Waals surface area contributed by atoms with Crippen LogP contribution in [0.25, 0.3) is 0 Å². The molecule has 4 aliphatic heterocycles. The van der Waals surface area contributed by atoms with Crippen molar-refractivity contribution in [3.8, 4) is 0 Å². The summed E-state index contributed by atoms with van der Waals surface area (Å²) in [6.07, 6.45) is 7.38. The van der Waals surface area contributed by atoms with E-state index >= 15 is 0 Å². The van der Waals surface area contributed by atoms with Gasteiger partial charge in [0.05, 0.1) is 0 Å². The average molecular weight is 439 g/mol. The van der Waals surface area contributed by atoms with Crippen molar-refractivity contribution in [2.24, 2.45) is 11.8 Å². The summed E-state index contributed by atoms with van der Waals surface area (Å²) in [5.41, 5.74) is 2.83. The molecule has 3 saturated heterocycles. The number of likely N-dealkylation sites (tertiary alicyclic amines) is 1. The molecule has 0 bridgehead atoms. The molecule has 1 aromatic rings. The van der Waals surface area contributed by atoms with E-state index in [9.17, 15) is 14.4 Å². The molecule has 7 nitrogen and oxygen atoms in total. The lowest BCUT2D eigenvalue weighted by Gasteiger charge is -2.40. The Morgan fingerprint density at radius 2 is 1.88 bits per heavy atom. The fourth-order valence-electron chi connectivity index (χ4n) is 5.92. The summed E-state index contributed by atoms with van der Waals surface area (Å²) >= 11 is 0. The molecule has 0 aromatic heterocycles. The van der Waals surface area contributed by atoms with Crippen LogP contribution in [-0.4, -0.2) is 59.7 Å². The van der Waals surface area contributed by atoms with Crippen molar-refractivity contribution < 1.29 is 14.4 Å². The molecule has 32 heavy (non-hydrogen) atoms. The van der Waals surface area contributed by atoms with Gasteiger partial charge in [0.2, 0.25) is 11.8 Å². The molecule has 4 heterocycles. The molecule has 0 saturated carbocycles. The molecular weight excluding hydrogens is 404 g/mol. The number of imide groups is 1. The largest absolute Gasteiger partial charge is 0.322 e. The van der Waals surface area contributed by atoms with Crippen molar-refractivity contribution in [2.75, 3.05) is 26.2 Å². The second-order valence-corrected chi connectivity index (χ2v) is 10.1. The van der Waals surface area contributed by atoms with E-state index in [1.807, 2.05) is 18.2 Å². The van der Waals surface area contributed by atoms with E-state index in [2.05, 4.69) is 15.5 Å². The Balaban J connectivity index is 1.13. The number of amides is 3. The fraction of sp³-hybridized carbons (Fsp3) is 0.640. The van der Waals surface area contributed by atoms with Gasteiger partial charge in [-0.2, -0.15) is 0 Å². The maximum absolute atomic E-state index is 13.2. The molecule has 5 rings (SSSR count). The minimum atomic E-state index is -0.548. The topological polar surface area (TPSA) is 81.8 Å². The van der Waals surface area contributed by atoms with Crippen molar-refractivity contribution >= 4 is 17.7 Å². The van der Waals surface area contributed by atoms with E-state index in [-0.39, 0.29) is 24.1 Å². The minimum absolute atomic E-state index is 0.0664. The molecule has 0 radical (unpaired) electrons. The number of fused-ring (bicyclic) bond motifs is 1. The summed E-state index contributed by atoms with van der Waals surface area (Å²) in [4.78, 5) is 41.1. The highest BCUT2D eigenvalue weighted by Crippen LogP contribution is 2.32. The SMILES string of the molecule is O=C1CCC(N2Cc3cccc(CN4CC(CCCC5CCCNC5)C4)c3C2=O)C(=O)N1. The average Bonchev–Trinajstić information content (AvgIpc) is 3.10. The van der Waals surface area contributed by atoms with Crippen molar-refractivity contribution in [3.63, 3.8) is 0 Å². The smallest absolute Gasteiger partial charge is 0.255 e. The molecule has 172 valence electrons. The summed E-state index contributed by atoms with van der Waals surface area (Å²) < 4.78 is 0. The number of nitrogens with zero attached hydrogens (tertiary/aromatic N) is 2. The number of benzene rings is 1. The highest BCUT2D eigenvalue weighted by Gasteiger charge is 2.40. The zero-order valence-corrected chi connectivity index (χ0v) is 18.8. The third-order valence-electron chi connectivity index (χ3n) is 7.69. The van der Waals surface area contributed by atoms with Gasteiger partial charge in [-0.15, -0.1) is 0 Å². The van der Waals surface area contributed by atoms with Gasteiger partial charge < -0.3 is 10.2 Å². The number of rotatable bonds is 7. The first-order chi connectivity index (χ1) is 15.6. The third kappa shape index (κ3) is 4.46. The van der Waals surface area contributed by atoms with Crippen LogP contribution in [0.1, 0.15) is 66.4 Å². The maximum Gasteiger partial charge on any atom is 0.255 e. The number of piperidine rings is 2. The standard InChI is InChI=1S/C25H34N4O3/c30-22-10-9-21(24(31)27-22)29-16-20-8-2-7-19(23(20)25(29)32)15-28-13-18(14-28)5-1-4-17-6-3-11-26-12-17/h2,7-8,17-18,21,26H,1,3-6,9-16H2,(H,27,30,31). The lowest BCUT2D eigenvalue weighted by atomic mass is 9.88. The molecule has 4 aliphatic rings. The van der Waals surface area contributed by atoms with Crippen molar-refractivity contribution in [2.45, 2.75) is 64.1 Å². The first-order valence-corrected chi connectivity index (χ1v) is 12.3. The zero-order chi connectivity index (χ0) is 22.1. The molecule has 2 N–H and O–H groups in total. The molecular formula is C25H34N4O3. The van der Waals surface area contributed by atoms with Crippen LogP contribution in [0.5, 0.6) is 0 Å². The summed E-state index contributed by atoms with van der Waals surface area (Å²) in [7, 11) is 0. The number of carbonyl (C=O) groups is 3. The highest BCUT2D eigenvalue weighted by atomic mass is 16.2. The lowest BCUT2D eigenvalue weighted by molar-refractivity contribution is -0.136. The Kier molecular flexibility index (Phi) is 6.28.